The third kappa shape index (κ3) is 19.8. The maximum atomic E-state index is 2.47. The highest BCUT2D eigenvalue weighted by molar-refractivity contribution is 4.86. The van der Waals surface area contributed by atoms with E-state index in [1.165, 1.54) is 116 Å². The zero-order valence-corrected chi connectivity index (χ0v) is 17.5. The lowest BCUT2D eigenvalue weighted by Gasteiger charge is -2.06. The summed E-state index contributed by atoms with van der Waals surface area (Å²) in [5.41, 5.74) is 0. The molecule has 0 rings (SSSR count). The summed E-state index contributed by atoms with van der Waals surface area (Å²) in [6.45, 7) is 6.98. The van der Waals surface area contributed by atoms with Gasteiger partial charge in [0.15, 0.2) is 0 Å². The van der Waals surface area contributed by atoms with Gasteiger partial charge in [0, 0.05) is 0 Å². The van der Waals surface area contributed by atoms with Crippen molar-refractivity contribution in [2.45, 2.75) is 136 Å². The normalized spacial score (nSPS) is 13.0. The summed E-state index contributed by atoms with van der Waals surface area (Å²) in [7, 11) is 0. The average Bonchev–Trinajstić information content (AvgIpc) is 2.59. The molecule has 0 aliphatic heterocycles. The van der Waals surface area contributed by atoms with Crippen LogP contribution in [0.2, 0.25) is 0 Å². The SMILES string of the molecule is CCCCCCCC/C=C/[C@H](C)CCCCCCCCCCCC. The lowest BCUT2D eigenvalue weighted by atomic mass is 10.00. The van der Waals surface area contributed by atoms with Crippen molar-refractivity contribution in [3.8, 4) is 0 Å². The van der Waals surface area contributed by atoms with Crippen LogP contribution in [0, 0.1) is 5.92 Å². The molecule has 0 N–H and O–H groups in total. The molecule has 0 fully saturated rings. The molecule has 0 aromatic carbocycles. The van der Waals surface area contributed by atoms with E-state index in [0.717, 1.165) is 5.92 Å². The highest BCUT2D eigenvalue weighted by Gasteiger charge is 1.98. The quantitative estimate of drug-likeness (QED) is 0.163. The molecule has 0 aliphatic rings. The van der Waals surface area contributed by atoms with Crippen LogP contribution < -0.4 is 0 Å². The number of hydrogen-bond acceptors (Lipinski definition) is 0. The lowest BCUT2D eigenvalue weighted by Crippen LogP contribution is -1.90. The van der Waals surface area contributed by atoms with Gasteiger partial charge in [-0.15, -0.1) is 0 Å². The first-order chi connectivity index (χ1) is 11.8. The van der Waals surface area contributed by atoms with Crippen molar-refractivity contribution < 1.29 is 0 Å². The Hall–Kier alpha value is -0.260. The highest BCUT2D eigenvalue weighted by atomic mass is 14.0. The van der Waals surface area contributed by atoms with Crippen LogP contribution in [-0.4, -0.2) is 0 Å². The molecular weight excluding hydrogens is 288 g/mol. The summed E-state index contributed by atoms with van der Waals surface area (Å²) in [5.74, 6) is 0.791. The topological polar surface area (TPSA) is 0 Å². The molecule has 0 radical (unpaired) electrons. The second-order valence-corrected chi connectivity index (χ2v) is 7.93. The first-order valence-electron chi connectivity index (χ1n) is 11.5. The van der Waals surface area contributed by atoms with Crippen molar-refractivity contribution in [3.05, 3.63) is 12.2 Å². The van der Waals surface area contributed by atoms with Crippen LogP contribution in [0.1, 0.15) is 136 Å². The average molecular weight is 337 g/mol. The Morgan fingerprint density at radius 1 is 0.542 bits per heavy atom. The minimum absolute atomic E-state index is 0.791. The fourth-order valence-electron chi connectivity index (χ4n) is 3.42. The van der Waals surface area contributed by atoms with Gasteiger partial charge >= 0.3 is 0 Å². The van der Waals surface area contributed by atoms with Gasteiger partial charge in [-0.1, -0.05) is 129 Å². The summed E-state index contributed by atoms with van der Waals surface area (Å²) in [4.78, 5) is 0. The monoisotopic (exact) mass is 336 g/mol. The maximum absolute atomic E-state index is 2.47. The Balaban J connectivity index is 3.22. The van der Waals surface area contributed by atoms with Crippen molar-refractivity contribution in [2.24, 2.45) is 5.92 Å². The second-order valence-electron chi connectivity index (χ2n) is 7.93. The van der Waals surface area contributed by atoms with E-state index in [0.29, 0.717) is 0 Å². The first-order valence-corrected chi connectivity index (χ1v) is 11.5. The standard InChI is InChI=1S/C24H48/c1-4-6-8-10-12-14-15-17-19-21-23-24(3)22-20-18-16-13-11-9-7-5-2/h20,22,24H,4-19,21,23H2,1-3H3/b22-20+/t24-/m0/s1. The van der Waals surface area contributed by atoms with Gasteiger partial charge in [-0.25, -0.2) is 0 Å². The molecule has 0 spiro atoms. The van der Waals surface area contributed by atoms with E-state index in [2.05, 4.69) is 32.9 Å². The third-order valence-corrected chi connectivity index (χ3v) is 5.20. The van der Waals surface area contributed by atoms with Gasteiger partial charge in [0.05, 0.1) is 0 Å². The number of rotatable bonds is 19. The summed E-state index contributed by atoms with van der Waals surface area (Å²) in [6, 6.07) is 0. The van der Waals surface area contributed by atoms with Crippen LogP contribution >= 0.6 is 0 Å². The summed E-state index contributed by atoms with van der Waals surface area (Å²) in [6.07, 6.45) is 30.6. The minimum Gasteiger partial charge on any atom is -0.0883 e. The lowest BCUT2D eigenvalue weighted by molar-refractivity contribution is 0.525. The molecular formula is C24H48. The molecule has 0 heteroatoms. The fraction of sp³-hybridized carbons (Fsp3) is 0.917. The maximum Gasteiger partial charge on any atom is -0.0262 e. The molecule has 0 saturated carbocycles. The van der Waals surface area contributed by atoms with Gasteiger partial charge in [-0.05, 0) is 25.2 Å². The molecule has 0 heterocycles. The molecule has 144 valence electrons. The van der Waals surface area contributed by atoms with E-state index in [1.54, 1.807) is 0 Å². The van der Waals surface area contributed by atoms with Gasteiger partial charge < -0.3 is 0 Å². The minimum atomic E-state index is 0.791. The van der Waals surface area contributed by atoms with Gasteiger partial charge in [0.1, 0.15) is 0 Å². The van der Waals surface area contributed by atoms with Crippen LogP contribution in [0.4, 0.5) is 0 Å². The Labute approximate surface area is 154 Å². The Morgan fingerprint density at radius 2 is 0.958 bits per heavy atom. The number of hydrogen-bond donors (Lipinski definition) is 0. The van der Waals surface area contributed by atoms with Crippen LogP contribution in [0.25, 0.3) is 0 Å². The van der Waals surface area contributed by atoms with Crippen LogP contribution in [0.15, 0.2) is 12.2 Å². The van der Waals surface area contributed by atoms with Gasteiger partial charge in [0.25, 0.3) is 0 Å². The third-order valence-electron chi connectivity index (χ3n) is 5.20. The fourth-order valence-corrected chi connectivity index (χ4v) is 3.42. The molecule has 24 heavy (non-hydrogen) atoms. The zero-order chi connectivity index (χ0) is 17.7. The zero-order valence-electron chi connectivity index (χ0n) is 17.5. The number of allylic oxidation sites excluding steroid dienone is 2. The predicted molar refractivity (Wildman–Crippen MR) is 113 cm³/mol. The highest BCUT2D eigenvalue weighted by Crippen LogP contribution is 2.15. The van der Waals surface area contributed by atoms with E-state index < -0.39 is 0 Å². The molecule has 1 atom stereocenters. The van der Waals surface area contributed by atoms with Crippen molar-refractivity contribution in [2.75, 3.05) is 0 Å². The van der Waals surface area contributed by atoms with Gasteiger partial charge in [-0.2, -0.15) is 0 Å². The number of unbranched alkanes of at least 4 members (excludes halogenated alkanes) is 15. The Kier molecular flexibility index (Phi) is 20.6. The van der Waals surface area contributed by atoms with Crippen LogP contribution in [-0.2, 0) is 0 Å². The Bertz CT molecular complexity index is 240. The van der Waals surface area contributed by atoms with Gasteiger partial charge in [-0.3, -0.25) is 0 Å². The van der Waals surface area contributed by atoms with E-state index >= 15 is 0 Å². The molecule has 0 bridgehead atoms. The van der Waals surface area contributed by atoms with E-state index in [4.69, 9.17) is 0 Å². The largest absolute Gasteiger partial charge is 0.0883 e. The van der Waals surface area contributed by atoms with Crippen LogP contribution in [0.5, 0.6) is 0 Å². The van der Waals surface area contributed by atoms with Crippen molar-refractivity contribution in [1.82, 2.24) is 0 Å². The van der Waals surface area contributed by atoms with Crippen molar-refractivity contribution in [3.63, 3.8) is 0 Å². The Morgan fingerprint density at radius 3 is 1.46 bits per heavy atom. The molecule has 0 saturated heterocycles. The van der Waals surface area contributed by atoms with E-state index in [1.807, 2.05) is 0 Å². The molecule has 0 aromatic rings. The van der Waals surface area contributed by atoms with Crippen molar-refractivity contribution in [1.29, 1.82) is 0 Å². The van der Waals surface area contributed by atoms with Crippen LogP contribution in [0.3, 0.4) is 0 Å². The summed E-state index contributed by atoms with van der Waals surface area (Å²) < 4.78 is 0. The molecule has 0 aliphatic carbocycles. The molecule has 0 nitrogen and oxygen atoms in total. The van der Waals surface area contributed by atoms with E-state index in [9.17, 15) is 0 Å². The molecule has 0 amide bonds. The van der Waals surface area contributed by atoms with Gasteiger partial charge in [0.2, 0.25) is 0 Å². The van der Waals surface area contributed by atoms with Crippen molar-refractivity contribution >= 4 is 0 Å². The predicted octanol–water partition coefficient (Wildman–Crippen LogP) is 9.24. The molecule has 0 aromatic heterocycles. The first kappa shape index (κ1) is 23.7. The molecule has 0 unspecified atom stereocenters. The summed E-state index contributed by atoms with van der Waals surface area (Å²) in [5, 5.41) is 0. The van der Waals surface area contributed by atoms with E-state index in [-0.39, 0.29) is 0 Å². The summed E-state index contributed by atoms with van der Waals surface area (Å²) >= 11 is 0. The second kappa shape index (κ2) is 20.8. The smallest absolute Gasteiger partial charge is 0.0262 e.